The SMILES string of the molecule is Cc1ccc(C)c(N2CCN(C(=O)COc3ccc(Cl)cc3)[C@H](C)C2=O)c1. The maximum Gasteiger partial charge on any atom is 0.261 e. The Morgan fingerprint density at radius 2 is 1.85 bits per heavy atom. The van der Waals surface area contributed by atoms with Crippen LogP contribution in [-0.4, -0.2) is 42.5 Å². The topological polar surface area (TPSA) is 49.9 Å². The number of ether oxygens (including phenoxy) is 1. The van der Waals surface area contributed by atoms with E-state index in [9.17, 15) is 9.59 Å². The summed E-state index contributed by atoms with van der Waals surface area (Å²) in [6.07, 6.45) is 0. The third kappa shape index (κ3) is 4.25. The fraction of sp³-hybridized carbons (Fsp3) is 0.333. The number of piperazine rings is 1. The molecule has 2 aromatic carbocycles. The summed E-state index contributed by atoms with van der Waals surface area (Å²) >= 11 is 5.84. The van der Waals surface area contributed by atoms with Gasteiger partial charge in [-0.3, -0.25) is 9.59 Å². The molecule has 2 amide bonds. The Balaban J connectivity index is 1.66. The lowest BCUT2D eigenvalue weighted by molar-refractivity contribution is -0.142. The quantitative estimate of drug-likeness (QED) is 0.806. The Hall–Kier alpha value is -2.53. The first-order valence-corrected chi connectivity index (χ1v) is 9.31. The average Bonchev–Trinajstić information content (AvgIpc) is 2.65. The van der Waals surface area contributed by atoms with Crippen LogP contribution in [0.2, 0.25) is 5.02 Å². The van der Waals surface area contributed by atoms with Gasteiger partial charge in [0.1, 0.15) is 11.8 Å². The standard InChI is InChI=1S/C21H23ClN2O3/c1-14-4-5-15(2)19(12-14)24-11-10-23(16(3)21(24)26)20(25)13-27-18-8-6-17(22)7-9-18/h4-9,12,16H,10-11,13H2,1-3H3/t16-/m1/s1. The summed E-state index contributed by atoms with van der Waals surface area (Å²) in [7, 11) is 0. The highest BCUT2D eigenvalue weighted by Gasteiger charge is 2.35. The molecule has 2 aromatic rings. The Morgan fingerprint density at radius 1 is 1.15 bits per heavy atom. The number of aryl methyl sites for hydroxylation is 2. The molecule has 0 aliphatic carbocycles. The summed E-state index contributed by atoms with van der Waals surface area (Å²) in [5, 5.41) is 0.607. The molecule has 0 spiro atoms. The van der Waals surface area contributed by atoms with Crippen molar-refractivity contribution < 1.29 is 14.3 Å². The molecule has 0 unspecified atom stereocenters. The van der Waals surface area contributed by atoms with Gasteiger partial charge in [-0.25, -0.2) is 0 Å². The molecule has 0 radical (unpaired) electrons. The number of anilines is 1. The van der Waals surface area contributed by atoms with Gasteiger partial charge in [0.2, 0.25) is 5.91 Å². The third-order valence-corrected chi connectivity index (χ3v) is 5.06. The Morgan fingerprint density at radius 3 is 2.56 bits per heavy atom. The van der Waals surface area contributed by atoms with E-state index in [-0.39, 0.29) is 18.4 Å². The van der Waals surface area contributed by atoms with Gasteiger partial charge in [-0.1, -0.05) is 23.7 Å². The van der Waals surface area contributed by atoms with Crippen LogP contribution in [0.4, 0.5) is 5.69 Å². The number of carbonyl (C=O) groups is 2. The summed E-state index contributed by atoms with van der Waals surface area (Å²) in [5.41, 5.74) is 3.06. The lowest BCUT2D eigenvalue weighted by Crippen LogP contribution is -2.58. The maximum absolute atomic E-state index is 12.9. The zero-order valence-corrected chi connectivity index (χ0v) is 16.5. The predicted octanol–water partition coefficient (Wildman–Crippen LogP) is 3.60. The number of hydrogen-bond acceptors (Lipinski definition) is 3. The highest BCUT2D eigenvalue weighted by atomic mass is 35.5. The van der Waals surface area contributed by atoms with Gasteiger partial charge < -0.3 is 14.5 Å². The molecule has 5 nitrogen and oxygen atoms in total. The van der Waals surface area contributed by atoms with Crippen LogP contribution in [0.1, 0.15) is 18.1 Å². The van der Waals surface area contributed by atoms with Gasteiger partial charge in [0, 0.05) is 23.8 Å². The Kier molecular flexibility index (Phi) is 5.71. The van der Waals surface area contributed by atoms with Crippen LogP contribution in [0.25, 0.3) is 0 Å². The van der Waals surface area contributed by atoms with E-state index < -0.39 is 6.04 Å². The van der Waals surface area contributed by atoms with Gasteiger partial charge in [-0.15, -0.1) is 0 Å². The fourth-order valence-electron chi connectivity index (χ4n) is 3.22. The van der Waals surface area contributed by atoms with E-state index in [2.05, 4.69) is 0 Å². The zero-order valence-electron chi connectivity index (χ0n) is 15.7. The van der Waals surface area contributed by atoms with Crippen molar-refractivity contribution in [3.8, 4) is 5.75 Å². The normalized spacial score (nSPS) is 17.2. The lowest BCUT2D eigenvalue weighted by atomic mass is 10.1. The number of carbonyl (C=O) groups excluding carboxylic acids is 2. The van der Waals surface area contributed by atoms with Gasteiger partial charge in [-0.2, -0.15) is 0 Å². The van der Waals surface area contributed by atoms with E-state index in [1.807, 2.05) is 32.0 Å². The minimum absolute atomic E-state index is 0.0743. The van der Waals surface area contributed by atoms with E-state index in [0.29, 0.717) is 23.9 Å². The van der Waals surface area contributed by atoms with Crippen LogP contribution in [-0.2, 0) is 9.59 Å². The zero-order chi connectivity index (χ0) is 19.6. The molecule has 1 atom stereocenters. The Labute approximate surface area is 164 Å². The number of rotatable bonds is 4. The third-order valence-electron chi connectivity index (χ3n) is 4.81. The molecule has 142 valence electrons. The molecule has 1 fully saturated rings. The van der Waals surface area contributed by atoms with E-state index in [1.165, 1.54) is 0 Å². The molecule has 6 heteroatoms. The summed E-state index contributed by atoms with van der Waals surface area (Å²) < 4.78 is 5.53. The van der Waals surface area contributed by atoms with Gasteiger partial charge in [0.15, 0.2) is 6.61 Å². The summed E-state index contributed by atoms with van der Waals surface area (Å²) in [4.78, 5) is 28.8. The van der Waals surface area contributed by atoms with Crippen LogP contribution < -0.4 is 9.64 Å². The van der Waals surface area contributed by atoms with Crippen LogP contribution >= 0.6 is 11.6 Å². The van der Waals surface area contributed by atoms with Crippen molar-refractivity contribution in [2.45, 2.75) is 26.8 Å². The van der Waals surface area contributed by atoms with Crippen LogP contribution in [0.5, 0.6) is 5.75 Å². The second-order valence-electron chi connectivity index (χ2n) is 6.79. The van der Waals surface area contributed by atoms with Crippen molar-refractivity contribution >= 4 is 29.1 Å². The molecular formula is C21H23ClN2O3. The highest BCUT2D eigenvalue weighted by molar-refractivity contribution is 6.30. The molecule has 1 aliphatic rings. The average molecular weight is 387 g/mol. The minimum atomic E-state index is -0.528. The number of nitrogens with zero attached hydrogens (tertiary/aromatic N) is 2. The summed E-state index contributed by atoms with van der Waals surface area (Å²) in [6.45, 7) is 6.60. The second kappa shape index (κ2) is 8.01. The van der Waals surface area contributed by atoms with Crippen LogP contribution in [0.3, 0.4) is 0 Å². The molecule has 0 N–H and O–H groups in total. The maximum atomic E-state index is 12.9. The van der Waals surface area contributed by atoms with Crippen molar-refractivity contribution in [2.75, 3.05) is 24.6 Å². The number of hydrogen-bond donors (Lipinski definition) is 0. The molecule has 1 aliphatic heterocycles. The van der Waals surface area contributed by atoms with E-state index in [1.54, 1.807) is 41.0 Å². The molecule has 27 heavy (non-hydrogen) atoms. The summed E-state index contributed by atoms with van der Waals surface area (Å²) in [5.74, 6) is 0.293. The van der Waals surface area contributed by atoms with Crippen molar-refractivity contribution in [1.82, 2.24) is 4.90 Å². The minimum Gasteiger partial charge on any atom is -0.484 e. The molecule has 0 bridgehead atoms. The van der Waals surface area contributed by atoms with Crippen molar-refractivity contribution in [3.63, 3.8) is 0 Å². The largest absolute Gasteiger partial charge is 0.484 e. The molecular weight excluding hydrogens is 364 g/mol. The lowest BCUT2D eigenvalue weighted by Gasteiger charge is -2.39. The number of halogens is 1. The van der Waals surface area contributed by atoms with Gasteiger partial charge in [0.25, 0.3) is 5.91 Å². The molecule has 3 rings (SSSR count). The van der Waals surface area contributed by atoms with Crippen molar-refractivity contribution in [1.29, 1.82) is 0 Å². The first-order valence-electron chi connectivity index (χ1n) is 8.93. The Bertz CT molecular complexity index is 851. The smallest absolute Gasteiger partial charge is 0.261 e. The van der Waals surface area contributed by atoms with Crippen molar-refractivity contribution in [2.24, 2.45) is 0 Å². The number of amides is 2. The van der Waals surface area contributed by atoms with Crippen molar-refractivity contribution in [3.05, 3.63) is 58.6 Å². The number of benzene rings is 2. The monoisotopic (exact) mass is 386 g/mol. The van der Waals surface area contributed by atoms with Crippen LogP contribution in [0.15, 0.2) is 42.5 Å². The van der Waals surface area contributed by atoms with E-state index in [4.69, 9.17) is 16.3 Å². The van der Waals surface area contributed by atoms with E-state index in [0.717, 1.165) is 16.8 Å². The highest BCUT2D eigenvalue weighted by Crippen LogP contribution is 2.25. The van der Waals surface area contributed by atoms with Gasteiger partial charge in [0.05, 0.1) is 0 Å². The predicted molar refractivity (Wildman–Crippen MR) is 106 cm³/mol. The van der Waals surface area contributed by atoms with E-state index >= 15 is 0 Å². The summed E-state index contributed by atoms with van der Waals surface area (Å²) in [6, 6.07) is 12.4. The molecule has 1 heterocycles. The first-order chi connectivity index (χ1) is 12.9. The molecule has 0 aromatic heterocycles. The molecule has 0 saturated carbocycles. The fourth-order valence-corrected chi connectivity index (χ4v) is 3.35. The molecule has 1 saturated heterocycles. The van der Waals surface area contributed by atoms with Gasteiger partial charge in [-0.05, 0) is 62.2 Å². The first kappa shape index (κ1) is 19.2. The van der Waals surface area contributed by atoms with Crippen LogP contribution in [0, 0.1) is 13.8 Å². The van der Waals surface area contributed by atoms with Gasteiger partial charge >= 0.3 is 0 Å². The second-order valence-corrected chi connectivity index (χ2v) is 7.22.